The molecule has 0 aliphatic rings. The number of aliphatic hydroxyl groups excluding tert-OH is 4. The second-order valence-electron chi connectivity index (χ2n) is 7.00. The number of aromatic nitrogens is 2. The van der Waals surface area contributed by atoms with E-state index in [0.717, 1.165) is 12.4 Å². The van der Waals surface area contributed by atoms with Crippen LogP contribution in [0, 0.1) is 5.92 Å². The number of carboxylic acids is 3. The lowest BCUT2D eigenvalue weighted by Gasteiger charge is -2.29. The number of nitrogens with zero attached hydrogens (tertiary/aromatic N) is 2. The summed E-state index contributed by atoms with van der Waals surface area (Å²) < 4.78 is 4.86. The van der Waals surface area contributed by atoms with Gasteiger partial charge in [-0.15, -0.1) is 0 Å². The SMILES string of the molecule is O=C(O)CO[C@@H](CO)[C@@H](O)Cc1cnc([C@H](CC(=O)O)[C@H](O)[C@H](CC(=O)O)C(O)O)cn1. The first-order valence-corrected chi connectivity index (χ1v) is 9.37. The van der Waals surface area contributed by atoms with Crippen LogP contribution in [-0.2, 0) is 25.5 Å². The maximum atomic E-state index is 11.2. The summed E-state index contributed by atoms with van der Waals surface area (Å²) >= 11 is 0. The fraction of sp³-hybridized carbons (Fsp3) is 0.611. The highest BCUT2D eigenvalue weighted by molar-refractivity contribution is 5.69. The molecule has 0 aliphatic heterocycles. The molecule has 0 fully saturated rings. The molecular formula is C18H26N2O12. The second-order valence-corrected chi connectivity index (χ2v) is 7.00. The van der Waals surface area contributed by atoms with E-state index < -0.39 is 80.4 Å². The molecule has 1 heterocycles. The number of rotatable bonds is 15. The molecule has 1 aromatic rings. The standard InChI is InChI=1S/C18H26N2O12/c21-6-13(32-7-16(27)28)12(22)1-8-4-20-11(5-19-8)9(2-14(23)24)17(29)10(18(30)31)3-15(25)26/h4-5,9-10,12-13,17-18,21-22,29-31H,1-3,6-7H2,(H,23,24)(H,25,26)(H,27,28)/t9-,10-,12-,13-,17-/m0/s1. The fourth-order valence-electron chi connectivity index (χ4n) is 2.96. The summed E-state index contributed by atoms with van der Waals surface area (Å²) in [4.78, 5) is 40.7. The summed E-state index contributed by atoms with van der Waals surface area (Å²) in [5.74, 6) is -7.02. The molecule has 14 nitrogen and oxygen atoms in total. The van der Waals surface area contributed by atoms with Crippen LogP contribution in [0.4, 0.5) is 0 Å². The molecule has 1 rings (SSSR count). The molecule has 0 unspecified atom stereocenters. The number of ether oxygens (including phenoxy) is 1. The molecule has 5 atom stereocenters. The quantitative estimate of drug-likeness (QED) is 0.122. The van der Waals surface area contributed by atoms with Gasteiger partial charge in [-0.05, 0) is 0 Å². The third-order valence-corrected chi connectivity index (χ3v) is 4.59. The smallest absolute Gasteiger partial charge is 0.329 e. The van der Waals surface area contributed by atoms with E-state index in [-0.39, 0.29) is 17.8 Å². The van der Waals surface area contributed by atoms with Crippen molar-refractivity contribution in [3.63, 3.8) is 0 Å². The molecule has 0 bridgehead atoms. The molecule has 0 spiro atoms. The van der Waals surface area contributed by atoms with Crippen LogP contribution in [0.5, 0.6) is 0 Å². The van der Waals surface area contributed by atoms with Crippen molar-refractivity contribution in [1.29, 1.82) is 0 Å². The Hall–Kier alpha value is -2.75. The highest BCUT2D eigenvalue weighted by Gasteiger charge is 2.36. The average Bonchev–Trinajstić information content (AvgIpc) is 2.70. The van der Waals surface area contributed by atoms with Gasteiger partial charge >= 0.3 is 17.9 Å². The van der Waals surface area contributed by atoms with E-state index in [2.05, 4.69) is 9.97 Å². The van der Waals surface area contributed by atoms with Crippen molar-refractivity contribution in [2.75, 3.05) is 13.2 Å². The highest BCUT2D eigenvalue weighted by atomic mass is 16.5. The topological polar surface area (TPSA) is 248 Å². The molecule has 8 N–H and O–H groups in total. The third-order valence-electron chi connectivity index (χ3n) is 4.59. The number of aliphatic hydroxyl groups is 5. The summed E-state index contributed by atoms with van der Waals surface area (Å²) in [5.41, 5.74) is 0.0847. The largest absolute Gasteiger partial charge is 0.481 e. The van der Waals surface area contributed by atoms with Crippen molar-refractivity contribution in [1.82, 2.24) is 9.97 Å². The van der Waals surface area contributed by atoms with Gasteiger partial charge in [-0.3, -0.25) is 19.6 Å². The average molecular weight is 462 g/mol. The first-order valence-electron chi connectivity index (χ1n) is 9.37. The van der Waals surface area contributed by atoms with Crippen molar-refractivity contribution in [3.05, 3.63) is 23.8 Å². The summed E-state index contributed by atoms with van der Waals surface area (Å²) in [7, 11) is 0. The van der Waals surface area contributed by atoms with E-state index >= 15 is 0 Å². The van der Waals surface area contributed by atoms with E-state index in [1.165, 1.54) is 0 Å². The van der Waals surface area contributed by atoms with Gasteiger partial charge in [-0.2, -0.15) is 0 Å². The maximum absolute atomic E-state index is 11.2. The monoisotopic (exact) mass is 462 g/mol. The zero-order valence-electron chi connectivity index (χ0n) is 16.8. The minimum atomic E-state index is -2.24. The first-order chi connectivity index (χ1) is 15.0. The molecule has 180 valence electrons. The van der Waals surface area contributed by atoms with Crippen LogP contribution in [0.15, 0.2) is 12.4 Å². The van der Waals surface area contributed by atoms with Crippen LogP contribution in [0.2, 0.25) is 0 Å². The van der Waals surface area contributed by atoms with Crippen molar-refractivity contribution >= 4 is 17.9 Å². The lowest BCUT2D eigenvalue weighted by atomic mass is 9.84. The molecule has 0 saturated heterocycles. The molecule has 1 aromatic heterocycles. The Bertz CT molecular complexity index is 757. The zero-order valence-corrected chi connectivity index (χ0v) is 16.8. The molecule has 32 heavy (non-hydrogen) atoms. The zero-order chi connectivity index (χ0) is 24.4. The van der Waals surface area contributed by atoms with E-state index in [1.807, 2.05) is 0 Å². The van der Waals surface area contributed by atoms with Crippen LogP contribution < -0.4 is 0 Å². The number of hydrogen-bond acceptors (Lipinski definition) is 11. The Balaban J connectivity index is 3.01. The van der Waals surface area contributed by atoms with E-state index in [4.69, 9.17) is 20.1 Å². The van der Waals surface area contributed by atoms with Crippen molar-refractivity contribution in [3.8, 4) is 0 Å². The predicted octanol–water partition coefficient (Wildman–Crippen LogP) is -2.84. The lowest BCUT2D eigenvalue weighted by molar-refractivity contribution is -0.155. The van der Waals surface area contributed by atoms with Gasteiger partial charge in [0.1, 0.15) is 12.7 Å². The van der Waals surface area contributed by atoms with Crippen LogP contribution in [0.1, 0.15) is 30.1 Å². The van der Waals surface area contributed by atoms with Crippen molar-refractivity contribution < 1.29 is 60.0 Å². The summed E-state index contributed by atoms with van der Waals surface area (Å²) in [6.45, 7) is -1.41. The normalized spacial score (nSPS) is 16.2. The van der Waals surface area contributed by atoms with E-state index in [0.29, 0.717) is 0 Å². The molecule has 0 aromatic carbocycles. The Morgan fingerprint density at radius 2 is 1.53 bits per heavy atom. The minimum absolute atomic E-state index is 0.0741. The number of aliphatic carboxylic acids is 3. The van der Waals surface area contributed by atoms with Crippen LogP contribution in [0.25, 0.3) is 0 Å². The molecule has 0 amide bonds. The van der Waals surface area contributed by atoms with Gasteiger partial charge in [0.25, 0.3) is 0 Å². The summed E-state index contributed by atoms with van der Waals surface area (Å²) in [6.07, 6.45) is -6.14. The molecular weight excluding hydrogens is 436 g/mol. The van der Waals surface area contributed by atoms with Crippen molar-refractivity contribution in [2.45, 2.75) is 49.8 Å². The van der Waals surface area contributed by atoms with E-state index in [1.54, 1.807) is 0 Å². The third kappa shape index (κ3) is 8.78. The Labute approximate surface area is 181 Å². The molecule has 0 saturated carbocycles. The maximum Gasteiger partial charge on any atom is 0.329 e. The Morgan fingerprint density at radius 1 is 0.906 bits per heavy atom. The number of carbonyl (C=O) groups is 3. The van der Waals surface area contributed by atoms with Gasteiger partial charge in [0.15, 0.2) is 6.29 Å². The van der Waals surface area contributed by atoms with Gasteiger partial charge in [0.05, 0.1) is 43.0 Å². The van der Waals surface area contributed by atoms with Gasteiger partial charge in [-0.1, -0.05) is 0 Å². The first kappa shape index (κ1) is 27.3. The minimum Gasteiger partial charge on any atom is -0.481 e. The summed E-state index contributed by atoms with van der Waals surface area (Å²) in [5, 5.41) is 75.3. The highest BCUT2D eigenvalue weighted by Crippen LogP contribution is 2.29. The van der Waals surface area contributed by atoms with Crippen molar-refractivity contribution in [2.24, 2.45) is 5.92 Å². The Morgan fingerprint density at radius 3 is 1.97 bits per heavy atom. The van der Waals surface area contributed by atoms with Gasteiger partial charge in [0.2, 0.25) is 0 Å². The van der Waals surface area contributed by atoms with Gasteiger partial charge in [-0.25, -0.2) is 4.79 Å². The lowest BCUT2D eigenvalue weighted by Crippen LogP contribution is -2.38. The van der Waals surface area contributed by atoms with Crippen LogP contribution in [-0.4, -0.2) is 107 Å². The van der Waals surface area contributed by atoms with Crippen LogP contribution in [0.3, 0.4) is 0 Å². The predicted molar refractivity (Wildman–Crippen MR) is 101 cm³/mol. The number of carboxylic acid groups (broad SMARTS) is 3. The Kier molecular flexibility index (Phi) is 11.0. The van der Waals surface area contributed by atoms with E-state index in [9.17, 15) is 39.9 Å². The fourth-order valence-corrected chi connectivity index (χ4v) is 2.96. The molecule has 0 radical (unpaired) electrons. The number of hydrogen-bond donors (Lipinski definition) is 8. The summed E-state index contributed by atoms with van der Waals surface area (Å²) in [6, 6.07) is 0. The van der Waals surface area contributed by atoms with Crippen LogP contribution >= 0.6 is 0 Å². The van der Waals surface area contributed by atoms with Gasteiger partial charge < -0.3 is 45.6 Å². The second kappa shape index (κ2) is 12.9. The van der Waals surface area contributed by atoms with Gasteiger partial charge in [0, 0.05) is 30.7 Å². The molecule has 14 heteroatoms. The molecule has 0 aliphatic carbocycles.